The smallest absolute Gasteiger partial charge is 0.136 e. The highest BCUT2D eigenvalue weighted by Crippen LogP contribution is 2.37. The standard InChI is InChI=1S/C21H18O/c1-14(2)15-7-5-8-16(13-15)17-10-6-12-20-21(17)18-9-3-4-11-19(18)22-20/h3-14H,1-2H3. The van der Waals surface area contributed by atoms with Crippen LogP contribution in [0.1, 0.15) is 25.3 Å². The SMILES string of the molecule is CC(C)c1cccc(-c2cccc3oc4ccccc4c23)c1. The van der Waals surface area contributed by atoms with Crippen LogP contribution in [0, 0.1) is 0 Å². The Bertz CT molecular complexity index is 960. The molecule has 1 heteroatoms. The van der Waals surface area contributed by atoms with Crippen LogP contribution in [0.2, 0.25) is 0 Å². The first-order chi connectivity index (χ1) is 10.7. The van der Waals surface area contributed by atoms with Gasteiger partial charge in [-0.25, -0.2) is 0 Å². The summed E-state index contributed by atoms with van der Waals surface area (Å²) in [7, 11) is 0. The van der Waals surface area contributed by atoms with Crippen LogP contribution < -0.4 is 0 Å². The Morgan fingerprint density at radius 1 is 0.773 bits per heavy atom. The number of hydrogen-bond acceptors (Lipinski definition) is 1. The second-order valence-electron chi connectivity index (χ2n) is 6.06. The fourth-order valence-electron chi connectivity index (χ4n) is 3.08. The van der Waals surface area contributed by atoms with Crippen LogP contribution in [-0.4, -0.2) is 0 Å². The molecule has 1 aromatic heterocycles. The van der Waals surface area contributed by atoms with Crippen molar-refractivity contribution in [1.82, 2.24) is 0 Å². The predicted molar refractivity (Wildman–Crippen MR) is 93.2 cm³/mol. The van der Waals surface area contributed by atoms with Gasteiger partial charge in [-0.1, -0.05) is 68.4 Å². The Kier molecular flexibility index (Phi) is 3.00. The minimum absolute atomic E-state index is 0.528. The van der Waals surface area contributed by atoms with E-state index in [9.17, 15) is 0 Å². The van der Waals surface area contributed by atoms with Crippen molar-refractivity contribution in [3.8, 4) is 11.1 Å². The van der Waals surface area contributed by atoms with Crippen LogP contribution >= 0.6 is 0 Å². The fraction of sp³-hybridized carbons (Fsp3) is 0.143. The maximum atomic E-state index is 5.99. The number of hydrogen-bond donors (Lipinski definition) is 0. The van der Waals surface area contributed by atoms with Gasteiger partial charge in [0.05, 0.1) is 0 Å². The molecule has 0 N–H and O–H groups in total. The van der Waals surface area contributed by atoms with Gasteiger partial charge in [0.1, 0.15) is 11.2 Å². The average Bonchev–Trinajstić information content (AvgIpc) is 2.93. The topological polar surface area (TPSA) is 13.1 Å². The third kappa shape index (κ3) is 2.01. The van der Waals surface area contributed by atoms with E-state index in [0.29, 0.717) is 5.92 Å². The minimum atomic E-state index is 0.528. The van der Waals surface area contributed by atoms with Gasteiger partial charge in [-0.15, -0.1) is 0 Å². The summed E-state index contributed by atoms with van der Waals surface area (Å²) >= 11 is 0. The van der Waals surface area contributed by atoms with E-state index in [1.165, 1.54) is 27.5 Å². The summed E-state index contributed by atoms with van der Waals surface area (Å²) in [5.41, 5.74) is 5.76. The van der Waals surface area contributed by atoms with Gasteiger partial charge < -0.3 is 4.42 Å². The summed E-state index contributed by atoms with van der Waals surface area (Å²) in [6.45, 7) is 4.46. The predicted octanol–water partition coefficient (Wildman–Crippen LogP) is 6.38. The molecule has 0 aliphatic carbocycles. The molecule has 108 valence electrons. The molecule has 1 nitrogen and oxygen atoms in total. The summed E-state index contributed by atoms with van der Waals surface area (Å²) in [5, 5.41) is 2.39. The molecule has 0 saturated carbocycles. The lowest BCUT2D eigenvalue weighted by Crippen LogP contribution is -1.88. The highest BCUT2D eigenvalue weighted by atomic mass is 16.3. The van der Waals surface area contributed by atoms with Crippen molar-refractivity contribution in [2.75, 3.05) is 0 Å². The van der Waals surface area contributed by atoms with Crippen LogP contribution in [0.4, 0.5) is 0 Å². The summed E-state index contributed by atoms with van der Waals surface area (Å²) in [6, 6.07) is 23.4. The molecular weight excluding hydrogens is 268 g/mol. The largest absolute Gasteiger partial charge is 0.456 e. The lowest BCUT2D eigenvalue weighted by molar-refractivity contribution is 0.669. The summed E-state index contributed by atoms with van der Waals surface area (Å²) in [5.74, 6) is 0.528. The molecule has 0 saturated heterocycles. The molecule has 0 atom stereocenters. The van der Waals surface area contributed by atoms with Gasteiger partial charge >= 0.3 is 0 Å². The lowest BCUT2D eigenvalue weighted by Gasteiger charge is -2.09. The number of para-hydroxylation sites is 1. The molecular formula is C21H18O. The van der Waals surface area contributed by atoms with Gasteiger partial charge in [0.15, 0.2) is 0 Å². The zero-order chi connectivity index (χ0) is 15.1. The Balaban J connectivity index is 2.04. The van der Waals surface area contributed by atoms with Crippen molar-refractivity contribution in [1.29, 1.82) is 0 Å². The zero-order valence-electron chi connectivity index (χ0n) is 12.8. The number of rotatable bonds is 2. The van der Waals surface area contributed by atoms with Crippen LogP contribution in [-0.2, 0) is 0 Å². The summed E-state index contributed by atoms with van der Waals surface area (Å²) in [6.07, 6.45) is 0. The Labute approximate surface area is 130 Å². The molecule has 0 unspecified atom stereocenters. The molecule has 1 heterocycles. The van der Waals surface area contributed by atoms with Crippen molar-refractivity contribution in [2.24, 2.45) is 0 Å². The van der Waals surface area contributed by atoms with Crippen LogP contribution in [0.3, 0.4) is 0 Å². The van der Waals surface area contributed by atoms with Gasteiger partial charge in [0.25, 0.3) is 0 Å². The normalized spacial score (nSPS) is 11.6. The number of benzene rings is 3. The third-order valence-electron chi connectivity index (χ3n) is 4.27. The van der Waals surface area contributed by atoms with E-state index in [2.05, 4.69) is 62.4 Å². The van der Waals surface area contributed by atoms with E-state index in [4.69, 9.17) is 4.42 Å². The highest BCUT2D eigenvalue weighted by Gasteiger charge is 2.12. The number of furan rings is 1. The van der Waals surface area contributed by atoms with Crippen molar-refractivity contribution in [3.63, 3.8) is 0 Å². The summed E-state index contributed by atoms with van der Waals surface area (Å²) < 4.78 is 5.99. The molecule has 0 aliphatic heterocycles. The Morgan fingerprint density at radius 2 is 1.55 bits per heavy atom. The zero-order valence-corrected chi connectivity index (χ0v) is 12.8. The van der Waals surface area contributed by atoms with Crippen molar-refractivity contribution >= 4 is 21.9 Å². The highest BCUT2D eigenvalue weighted by molar-refractivity contribution is 6.12. The average molecular weight is 286 g/mol. The first-order valence-electron chi connectivity index (χ1n) is 7.74. The Hall–Kier alpha value is -2.54. The maximum absolute atomic E-state index is 5.99. The van der Waals surface area contributed by atoms with Gasteiger partial charge in [-0.05, 0) is 34.7 Å². The van der Waals surface area contributed by atoms with E-state index in [1.807, 2.05) is 18.2 Å². The van der Waals surface area contributed by atoms with Gasteiger partial charge in [0.2, 0.25) is 0 Å². The molecule has 0 spiro atoms. The van der Waals surface area contributed by atoms with Gasteiger partial charge in [-0.3, -0.25) is 0 Å². The molecule has 4 rings (SSSR count). The Morgan fingerprint density at radius 3 is 2.41 bits per heavy atom. The van der Waals surface area contributed by atoms with Crippen LogP contribution in [0.15, 0.2) is 71.1 Å². The second kappa shape index (κ2) is 5.03. The molecule has 0 aliphatic rings. The molecule has 0 radical (unpaired) electrons. The molecule has 3 aromatic carbocycles. The van der Waals surface area contributed by atoms with E-state index in [0.717, 1.165) is 11.2 Å². The third-order valence-corrected chi connectivity index (χ3v) is 4.27. The monoisotopic (exact) mass is 286 g/mol. The maximum Gasteiger partial charge on any atom is 0.136 e. The van der Waals surface area contributed by atoms with Crippen molar-refractivity contribution in [2.45, 2.75) is 19.8 Å². The number of fused-ring (bicyclic) bond motifs is 3. The molecule has 0 fully saturated rings. The van der Waals surface area contributed by atoms with E-state index < -0.39 is 0 Å². The van der Waals surface area contributed by atoms with E-state index in [1.54, 1.807) is 0 Å². The first-order valence-corrected chi connectivity index (χ1v) is 7.74. The quantitative estimate of drug-likeness (QED) is 0.417. The van der Waals surface area contributed by atoms with Crippen LogP contribution in [0.25, 0.3) is 33.1 Å². The fourth-order valence-corrected chi connectivity index (χ4v) is 3.08. The molecule has 0 amide bonds. The first kappa shape index (κ1) is 13.1. The van der Waals surface area contributed by atoms with Crippen molar-refractivity contribution in [3.05, 3.63) is 72.3 Å². The van der Waals surface area contributed by atoms with E-state index in [-0.39, 0.29) is 0 Å². The molecule has 0 bridgehead atoms. The van der Waals surface area contributed by atoms with E-state index >= 15 is 0 Å². The molecule has 4 aromatic rings. The van der Waals surface area contributed by atoms with Crippen LogP contribution in [0.5, 0.6) is 0 Å². The van der Waals surface area contributed by atoms with Gasteiger partial charge in [-0.2, -0.15) is 0 Å². The lowest BCUT2D eigenvalue weighted by atomic mass is 9.95. The van der Waals surface area contributed by atoms with Gasteiger partial charge in [0, 0.05) is 10.8 Å². The molecule has 22 heavy (non-hydrogen) atoms. The summed E-state index contributed by atoms with van der Waals surface area (Å²) in [4.78, 5) is 0. The second-order valence-corrected chi connectivity index (χ2v) is 6.06. The minimum Gasteiger partial charge on any atom is -0.456 e. The van der Waals surface area contributed by atoms with Crippen molar-refractivity contribution < 1.29 is 4.42 Å².